The molecule has 3 aromatic carbocycles. The zero-order valence-corrected chi connectivity index (χ0v) is 18.4. The fourth-order valence-electron chi connectivity index (χ4n) is 2.99. The lowest BCUT2D eigenvalue weighted by Gasteiger charge is -2.19. The minimum Gasteiger partial charge on any atom is -0.378 e. The van der Waals surface area contributed by atoms with Gasteiger partial charge in [0.05, 0.1) is 4.90 Å². The standard InChI is InChI=1S/C23H24FN3O3S/c1-26(2)21-13-7-17(8-14-21)16-27(3)23(28)18-5-4-6-22(15-18)31(29,30)25-20-11-9-19(24)10-12-20/h4-15,25H,16H2,1-3H3. The molecule has 0 heterocycles. The molecule has 0 saturated carbocycles. The maximum absolute atomic E-state index is 13.0. The van der Waals surface area contributed by atoms with E-state index in [1.54, 1.807) is 13.1 Å². The second-order valence-corrected chi connectivity index (χ2v) is 9.04. The van der Waals surface area contributed by atoms with Crippen LogP contribution in [-0.4, -0.2) is 40.4 Å². The summed E-state index contributed by atoms with van der Waals surface area (Å²) in [6.45, 7) is 0.386. The van der Waals surface area contributed by atoms with Gasteiger partial charge in [0.15, 0.2) is 0 Å². The first-order valence-electron chi connectivity index (χ1n) is 9.56. The minimum atomic E-state index is -3.93. The highest BCUT2D eigenvalue weighted by Crippen LogP contribution is 2.19. The summed E-state index contributed by atoms with van der Waals surface area (Å²) < 4.78 is 40.8. The van der Waals surface area contributed by atoms with Crippen molar-refractivity contribution in [3.8, 4) is 0 Å². The molecule has 0 saturated heterocycles. The molecule has 0 radical (unpaired) electrons. The van der Waals surface area contributed by atoms with Crippen LogP contribution in [0.25, 0.3) is 0 Å². The molecule has 1 N–H and O–H groups in total. The smallest absolute Gasteiger partial charge is 0.261 e. The Hall–Kier alpha value is -3.39. The number of anilines is 2. The summed E-state index contributed by atoms with van der Waals surface area (Å²) >= 11 is 0. The molecule has 0 aromatic heterocycles. The van der Waals surface area contributed by atoms with Gasteiger partial charge in [0.25, 0.3) is 15.9 Å². The van der Waals surface area contributed by atoms with E-state index in [9.17, 15) is 17.6 Å². The van der Waals surface area contributed by atoms with Crippen LogP contribution in [0.2, 0.25) is 0 Å². The van der Waals surface area contributed by atoms with Gasteiger partial charge in [-0.2, -0.15) is 0 Å². The molecule has 3 aromatic rings. The van der Waals surface area contributed by atoms with Gasteiger partial charge in [0.1, 0.15) is 5.82 Å². The van der Waals surface area contributed by atoms with Crippen molar-refractivity contribution in [1.29, 1.82) is 0 Å². The molecule has 0 aliphatic heterocycles. The van der Waals surface area contributed by atoms with Crippen LogP contribution < -0.4 is 9.62 Å². The van der Waals surface area contributed by atoms with E-state index in [-0.39, 0.29) is 22.1 Å². The number of hydrogen-bond donors (Lipinski definition) is 1. The summed E-state index contributed by atoms with van der Waals surface area (Å²) in [6, 6.07) is 18.7. The molecule has 6 nitrogen and oxygen atoms in total. The highest BCUT2D eigenvalue weighted by atomic mass is 32.2. The Morgan fingerprint density at radius 2 is 1.58 bits per heavy atom. The van der Waals surface area contributed by atoms with Crippen LogP contribution in [0.5, 0.6) is 0 Å². The Morgan fingerprint density at radius 3 is 2.19 bits per heavy atom. The lowest BCUT2D eigenvalue weighted by Crippen LogP contribution is -2.26. The van der Waals surface area contributed by atoms with E-state index in [0.29, 0.717) is 6.54 Å². The zero-order valence-electron chi connectivity index (χ0n) is 17.5. The van der Waals surface area contributed by atoms with E-state index in [4.69, 9.17) is 0 Å². The molecular formula is C23H24FN3O3S. The van der Waals surface area contributed by atoms with E-state index in [2.05, 4.69) is 4.72 Å². The molecule has 0 aliphatic carbocycles. The number of amides is 1. The Balaban J connectivity index is 1.74. The molecule has 0 atom stereocenters. The first kappa shape index (κ1) is 22.3. The highest BCUT2D eigenvalue weighted by molar-refractivity contribution is 7.92. The van der Waals surface area contributed by atoms with Gasteiger partial charge in [0, 0.05) is 44.6 Å². The maximum atomic E-state index is 13.0. The van der Waals surface area contributed by atoms with Gasteiger partial charge in [0.2, 0.25) is 0 Å². The van der Waals surface area contributed by atoms with Crippen molar-refractivity contribution in [2.24, 2.45) is 0 Å². The van der Waals surface area contributed by atoms with Gasteiger partial charge in [-0.05, 0) is 60.2 Å². The molecule has 0 bridgehead atoms. The number of halogens is 1. The molecule has 1 amide bonds. The number of carbonyl (C=O) groups is 1. The first-order chi connectivity index (χ1) is 14.7. The van der Waals surface area contributed by atoms with Crippen molar-refractivity contribution in [1.82, 2.24) is 4.90 Å². The first-order valence-corrected chi connectivity index (χ1v) is 11.0. The zero-order chi connectivity index (χ0) is 22.6. The average molecular weight is 442 g/mol. The predicted molar refractivity (Wildman–Crippen MR) is 120 cm³/mol. The van der Waals surface area contributed by atoms with Crippen molar-refractivity contribution in [3.05, 3.63) is 89.7 Å². The second-order valence-electron chi connectivity index (χ2n) is 7.36. The number of hydrogen-bond acceptors (Lipinski definition) is 4. The molecule has 0 unspecified atom stereocenters. The van der Waals surface area contributed by atoms with Gasteiger partial charge in [-0.15, -0.1) is 0 Å². The molecule has 3 rings (SSSR count). The van der Waals surface area contributed by atoms with Crippen LogP contribution in [0.4, 0.5) is 15.8 Å². The van der Waals surface area contributed by atoms with E-state index >= 15 is 0 Å². The number of rotatable bonds is 7. The van der Waals surface area contributed by atoms with Crippen LogP contribution in [0.3, 0.4) is 0 Å². The molecule has 162 valence electrons. The largest absolute Gasteiger partial charge is 0.378 e. The SMILES string of the molecule is CN(Cc1ccc(N(C)C)cc1)C(=O)c1cccc(S(=O)(=O)Nc2ccc(F)cc2)c1. The number of carbonyl (C=O) groups excluding carboxylic acids is 1. The van der Waals surface area contributed by atoms with Gasteiger partial charge in [-0.3, -0.25) is 9.52 Å². The van der Waals surface area contributed by atoms with Crippen molar-refractivity contribution in [2.75, 3.05) is 30.8 Å². The van der Waals surface area contributed by atoms with Crippen molar-refractivity contribution in [3.63, 3.8) is 0 Å². The average Bonchev–Trinajstić information content (AvgIpc) is 2.75. The summed E-state index contributed by atoms with van der Waals surface area (Å²) in [6.07, 6.45) is 0. The molecular weight excluding hydrogens is 417 g/mol. The Kier molecular flexibility index (Phi) is 6.60. The number of benzene rings is 3. The Bertz CT molecular complexity index is 1160. The summed E-state index contributed by atoms with van der Waals surface area (Å²) in [5.74, 6) is -0.759. The maximum Gasteiger partial charge on any atom is 0.261 e. The molecule has 31 heavy (non-hydrogen) atoms. The summed E-state index contributed by atoms with van der Waals surface area (Å²) in [5, 5.41) is 0. The predicted octanol–water partition coefficient (Wildman–Crippen LogP) is 3.96. The molecule has 0 spiro atoms. The normalized spacial score (nSPS) is 11.1. The number of nitrogens with one attached hydrogen (secondary N) is 1. The van der Waals surface area contributed by atoms with Crippen molar-refractivity contribution in [2.45, 2.75) is 11.4 Å². The Labute approximate surface area is 182 Å². The Morgan fingerprint density at radius 1 is 0.935 bits per heavy atom. The molecule has 8 heteroatoms. The molecule has 0 aliphatic rings. The number of nitrogens with zero attached hydrogens (tertiary/aromatic N) is 2. The van der Waals surface area contributed by atoms with E-state index < -0.39 is 15.8 Å². The van der Waals surface area contributed by atoms with Crippen LogP contribution in [0.1, 0.15) is 15.9 Å². The van der Waals surface area contributed by atoms with E-state index in [1.165, 1.54) is 35.2 Å². The van der Waals surface area contributed by atoms with Crippen molar-refractivity contribution >= 4 is 27.3 Å². The lowest BCUT2D eigenvalue weighted by atomic mass is 10.1. The van der Waals surface area contributed by atoms with E-state index in [0.717, 1.165) is 23.4 Å². The van der Waals surface area contributed by atoms with Crippen molar-refractivity contribution < 1.29 is 17.6 Å². The third kappa shape index (κ3) is 5.61. The fourth-order valence-corrected chi connectivity index (χ4v) is 4.10. The number of sulfonamides is 1. The van der Waals surface area contributed by atoms with Gasteiger partial charge in [-0.1, -0.05) is 18.2 Å². The molecule has 0 fully saturated rings. The van der Waals surface area contributed by atoms with Gasteiger partial charge >= 0.3 is 0 Å². The third-order valence-electron chi connectivity index (χ3n) is 4.71. The topological polar surface area (TPSA) is 69.7 Å². The minimum absolute atomic E-state index is 0.0496. The van der Waals surface area contributed by atoms with Crippen LogP contribution in [0, 0.1) is 5.82 Å². The van der Waals surface area contributed by atoms with Gasteiger partial charge < -0.3 is 9.80 Å². The van der Waals surface area contributed by atoms with Crippen LogP contribution in [-0.2, 0) is 16.6 Å². The lowest BCUT2D eigenvalue weighted by molar-refractivity contribution is 0.0785. The summed E-state index contributed by atoms with van der Waals surface area (Å²) in [7, 11) is 1.65. The monoisotopic (exact) mass is 441 g/mol. The fraction of sp³-hybridized carbons (Fsp3) is 0.174. The highest BCUT2D eigenvalue weighted by Gasteiger charge is 2.18. The summed E-state index contributed by atoms with van der Waals surface area (Å²) in [5.41, 5.74) is 2.51. The van der Waals surface area contributed by atoms with E-state index in [1.807, 2.05) is 43.3 Å². The van der Waals surface area contributed by atoms with Crippen LogP contribution >= 0.6 is 0 Å². The second kappa shape index (κ2) is 9.18. The third-order valence-corrected chi connectivity index (χ3v) is 6.09. The quantitative estimate of drug-likeness (QED) is 0.603. The summed E-state index contributed by atoms with van der Waals surface area (Å²) in [4.78, 5) is 16.3. The van der Waals surface area contributed by atoms with Crippen LogP contribution in [0.15, 0.2) is 77.7 Å². The van der Waals surface area contributed by atoms with Gasteiger partial charge in [-0.25, -0.2) is 12.8 Å².